The standard InChI is InChI=1S/C28H35N3O3S/c1-5-14-30-16-20(4)31(17-19(30)3)26(23-8-7-9-24(32)15-23)21-10-12-22(13-11-21)27-29-25(18-35-27)28(33)34-6-2/h7-13,15,18-20,26,32H,5-6,14,16-17H2,1-4H3. The van der Waals surface area contributed by atoms with Gasteiger partial charge in [0.1, 0.15) is 10.8 Å². The first-order valence-corrected chi connectivity index (χ1v) is 13.3. The number of rotatable bonds is 8. The van der Waals surface area contributed by atoms with Crippen molar-refractivity contribution in [2.24, 2.45) is 0 Å². The maximum Gasteiger partial charge on any atom is 0.357 e. The summed E-state index contributed by atoms with van der Waals surface area (Å²) < 4.78 is 5.07. The fraction of sp³-hybridized carbons (Fsp3) is 0.429. The molecule has 3 atom stereocenters. The molecule has 1 aliphatic heterocycles. The molecule has 35 heavy (non-hydrogen) atoms. The molecule has 0 radical (unpaired) electrons. The summed E-state index contributed by atoms with van der Waals surface area (Å²) in [6.07, 6.45) is 1.16. The molecular formula is C28H35N3O3S. The van der Waals surface area contributed by atoms with Crippen molar-refractivity contribution in [3.8, 4) is 16.3 Å². The third-order valence-corrected chi connectivity index (χ3v) is 7.55. The van der Waals surface area contributed by atoms with Gasteiger partial charge in [-0.25, -0.2) is 9.78 Å². The van der Waals surface area contributed by atoms with Gasteiger partial charge >= 0.3 is 5.97 Å². The van der Waals surface area contributed by atoms with E-state index in [0.29, 0.717) is 24.4 Å². The van der Waals surface area contributed by atoms with Crippen LogP contribution in [-0.4, -0.2) is 64.2 Å². The average Bonchev–Trinajstić information content (AvgIpc) is 3.34. The molecule has 4 rings (SSSR count). The molecular weight excluding hydrogens is 458 g/mol. The minimum atomic E-state index is -0.388. The molecule has 2 heterocycles. The predicted molar refractivity (Wildman–Crippen MR) is 141 cm³/mol. The lowest BCUT2D eigenvalue weighted by atomic mass is 9.93. The Morgan fingerprint density at radius 2 is 1.89 bits per heavy atom. The van der Waals surface area contributed by atoms with Crippen LogP contribution in [0.4, 0.5) is 0 Å². The maximum absolute atomic E-state index is 12.0. The second kappa shape index (κ2) is 11.3. The van der Waals surface area contributed by atoms with E-state index in [4.69, 9.17) is 4.74 Å². The Labute approximate surface area is 212 Å². The smallest absolute Gasteiger partial charge is 0.357 e. The average molecular weight is 494 g/mol. The zero-order valence-electron chi connectivity index (χ0n) is 21.0. The largest absolute Gasteiger partial charge is 0.508 e. The molecule has 1 fully saturated rings. The summed E-state index contributed by atoms with van der Waals surface area (Å²) >= 11 is 1.44. The number of thiazole rings is 1. The van der Waals surface area contributed by atoms with Crippen LogP contribution < -0.4 is 0 Å². The Morgan fingerprint density at radius 3 is 2.57 bits per heavy atom. The van der Waals surface area contributed by atoms with Crippen molar-refractivity contribution < 1.29 is 14.6 Å². The maximum atomic E-state index is 12.0. The van der Waals surface area contributed by atoms with Gasteiger partial charge in [0.05, 0.1) is 12.6 Å². The Morgan fingerprint density at radius 1 is 1.11 bits per heavy atom. The van der Waals surface area contributed by atoms with E-state index in [2.05, 4.69) is 65.9 Å². The van der Waals surface area contributed by atoms with Crippen molar-refractivity contribution in [2.75, 3.05) is 26.2 Å². The third kappa shape index (κ3) is 5.74. The fourth-order valence-corrected chi connectivity index (χ4v) is 5.76. The van der Waals surface area contributed by atoms with Crippen LogP contribution in [0.5, 0.6) is 5.75 Å². The van der Waals surface area contributed by atoms with Crippen LogP contribution >= 0.6 is 11.3 Å². The highest BCUT2D eigenvalue weighted by molar-refractivity contribution is 7.13. The highest BCUT2D eigenvalue weighted by Crippen LogP contribution is 2.36. The number of aromatic nitrogens is 1. The first kappa shape index (κ1) is 25.4. The number of benzene rings is 2. The van der Waals surface area contributed by atoms with Crippen molar-refractivity contribution in [1.82, 2.24) is 14.8 Å². The van der Waals surface area contributed by atoms with Gasteiger partial charge in [0, 0.05) is 36.1 Å². The summed E-state index contributed by atoms with van der Waals surface area (Å²) in [4.78, 5) is 21.6. The van der Waals surface area contributed by atoms with Gasteiger partial charge < -0.3 is 9.84 Å². The van der Waals surface area contributed by atoms with E-state index in [1.165, 1.54) is 16.9 Å². The number of phenols is 1. The molecule has 1 saturated heterocycles. The normalized spacial score (nSPS) is 20.0. The van der Waals surface area contributed by atoms with Crippen molar-refractivity contribution in [1.29, 1.82) is 0 Å². The first-order chi connectivity index (χ1) is 16.9. The SMILES string of the molecule is CCCN1CC(C)N(C(c2ccc(-c3nc(C(=O)OCC)cs3)cc2)c2cccc(O)c2)CC1C. The molecule has 0 bridgehead atoms. The molecule has 1 N–H and O–H groups in total. The summed E-state index contributed by atoms with van der Waals surface area (Å²) in [5, 5.41) is 12.8. The lowest BCUT2D eigenvalue weighted by Gasteiger charge is -2.47. The number of phenolic OH excluding ortho intramolecular Hbond substituents is 1. The van der Waals surface area contributed by atoms with Crippen molar-refractivity contribution in [3.05, 3.63) is 70.7 Å². The van der Waals surface area contributed by atoms with Crippen LogP contribution in [0.25, 0.3) is 10.6 Å². The number of hydrogen-bond acceptors (Lipinski definition) is 7. The van der Waals surface area contributed by atoms with Crippen LogP contribution in [0.1, 0.15) is 61.8 Å². The topological polar surface area (TPSA) is 65.9 Å². The summed E-state index contributed by atoms with van der Waals surface area (Å²) in [6.45, 7) is 12.1. The van der Waals surface area contributed by atoms with E-state index in [1.54, 1.807) is 18.4 Å². The molecule has 0 aliphatic carbocycles. The second-order valence-corrected chi connectivity index (χ2v) is 10.1. The van der Waals surface area contributed by atoms with Crippen molar-refractivity contribution >= 4 is 17.3 Å². The summed E-state index contributed by atoms with van der Waals surface area (Å²) in [6, 6.07) is 16.9. The van der Waals surface area contributed by atoms with Crippen molar-refractivity contribution in [2.45, 2.75) is 52.2 Å². The molecule has 186 valence electrons. The van der Waals surface area contributed by atoms with E-state index >= 15 is 0 Å². The number of ether oxygens (including phenoxy) is 1. The number of hydrogen-bond donors (Lipinski definition) is 1. The van der Waals surface area contributed by atoms with Gasteiger partial charge in [-0.05, 0) is 57.0 Å². The van der Waals surface area contributed by atoms with Crippen LogP contribution in [-0.2, 0) is 4.74 Å². The fourth-order valence-electron chi connectivity index (χ4n) is 4.97. The van der Waals surface area contributed by atoms with Crippen molar-refractivity contribution in [3.63, 3.8) is 0 Å². The molecule has 1 aromatic heterocycles. The van der Waals surface area contributed by atoms with Gasteiger partial charge in [-0.1, -0.05) is 43.3 Å². The Kier molecular flexibility index (Phi) is 8.21. The second-order valence-electron chi connectivity index (χ2n) is 9.27. The van der Waals surface area contributed by atoms with Crippen LogP contribution in [0, 0.1) is 0 Å². The number of nitrogens with zero attached hydrogens (tertiary/aromatic N) is 3. The van der Waals surface area contributed by atoms with Gasteiger partial charge in [0.15, 0.2) is 5.69 Å². The quantitative estimate of drug-likeness (QED) is 0.413. The minimum absolute atomic E-state index is 0.0313. The van der Waals surface area contributed by atoms with Gasteiger partial charge in [0.25, 0.3) is 0 Å². The highest BCUT2D eigenvalue weighted by Gasteiger charge is 2.34. The summed E-state index contributed by atoms with van der Waals surface area (Å²) in [7, 11) is 0. The van der Waals surface area contributed by atoms with Crippen LogP contribution in [0.3, 0.4) is 0 Å². The molecule has 3 aromatic rings. The lowest BCUT2D eigenvalue weighted by Crippen LogP contribution is -2.57. The summed E-state index contributed by atoms with van der Waals surface area (Å²) in [5.74, 6) is -0.107. The van der Waals surface area contributed by atoms with E-state index in [0.717, 1.165) is 42.2 Å². The first-order valence-electron chi connectivity index (χ1n) is 12.4. The van der Waals surface area contributed by atoms with E-state index < -0.39 is 0 Å². The highest BCUT2D eigenvalue weighted by atomic mass is 32.1. The van der Waals surface area contributed by atoms with Gasteiger partial charge in [-0.2, -0.15) is 0 Å². The third-order valence-electron chi connectivity index (χ3n) is 6.65. The number of esters is 1. The lowest BCUT2D eigenvalue weighted by molar-refractivity contribution is 0.0241. The molecule has 3 unspecified atom stereocenters. The molecule has 2 aromatic carbocycles. The molecule has 1 aliphatic rings. The number of aromatic hydroxyl groups is 1. The van der Waals surface area contributed by atoms with E-state index in [-0.39, 0.29) is 17.8 Å². The van der Waals surface area contributed by atoms with E-state index in [1.807, 2.05) is 12.1 Å². The van der Waals surface area contributed by atoms with Crippen LogP contribution in [0.15, 0.2) is 53.9 Å². The molecule has 7 heteroatoms. The number of carbonyl (C=O) groups excluding carboxylic acids is 1. The monoisotopic (exact) mass is 493 g/mol. The Bertz CT molecular complexity index is 1130. The molecule has 0 amide bonds. The van der Waals surface area contributed by atoms with Gasteiger partial charge in [-0.3, -0.25) is 9.80 Å². The Balaban J connectivity index is 1.64. The zero-order chi connectivity index (χ0) is 24.9. The Hall–Kier alpha value is -2.74. The predicted octanol–water partition coefficient (Wildman–Crippen LogP) is 5.59. The molecule has 6 nitrogen and oxygen atoms in total. The number of carbonyl (C=O) groups is 1. The minimum Gasteiger partial charge on any atom is -0.508 e. The van der Waals surface area contributed by atoms with Crippen LogP contribution in [0.2, 0.25) is 0 Å². The summed E-state index contributed by atoms with van der Waals surface area (Å²) in [5.41, 5.74) is 3.57. The van der Waals surface area contributed by atoms with E-state index in [9.17, 15) is 9.90 Å². The number of piperazine rings is 1. The molecule has 0 spiro atoms. The van der Waals surface area contributed by atoms with Gasteiger partial charge in [-0.15, -0.1) is 11.3 Å². The van der Waals surface area contributed by atoms with Gasteiger partial charge in [0.2, 0.25) is 0 Å². The zero-order valence-corrected chi connectivity index (χ0v) is 21.8. The molecule has 0 saturated carbocycles.